The predicted molar refractivity (Wildman–Crippen MR) is 103 cm³/mol. The number of carbonyl (C=O) groups excluding carboxylic acids is 1. The van der Waals surface area contributed by atoms with Gasteiger partial charge < -0.3 is 5.32 Å². The first-order valence-corrected chi connectivity index (χ1v) is 9.94. The smallest absolute Gasteiger partial charge is 0.325 e. The molecule has 0 heterocycles. The minimum Gasteiger partial charge on any atom is -0.325 e. The Kier molecular flexibility index (Phi) is 6.74. The highest BCUT2D eigenvalue weighted by molar-refractivity contribution is 7.89. The Morgan fingerprint density at radius 1 is 1.27 bits per heavy atom. The van der Waals surface area contributed by atoms with Crippen molar-refractivity contribution >= 4 is 38.9 Å². The second-order valence-corrected chi connectivity index (χ2v) is 8.58. The maximum atomic E-state index is 12.9. The number of rotatable bonds is 6. The lowest BCUT2D eigenvalue weighted by atomic mass is 10.2. The van der Waals surface area contributed by atoms with Crippen molar-refractivity contribution in [2.45, 2.75) is 18.0 Å². The first-order chi connectivity index (χ1) is 13.7. The molecule has 0 saturated carbocycles. The Labute approximate surface area is 174 Å². The number of anilines is 1. The number of nitrogens with zero attached hydrogens (tertiary/aromatic N) is 2. The van der Waals surface area contributed by atoms with E-state index >= 15 is 0 Å². The summed E-state index contributed by atoms with van der Waals surface area (Å²) >= 11 is 5.51. The van der Waals surface area contributed by atoms with Gasteiger partial charge in [0.2, 0.25) is 15.9 Å². The van der Waals surface area contributed by atoms with Gasteiger partial charge in [-0.3, -0.25) is 14.9 Å². The maximum absolute atomic E-state index is 12.9. The van der Waals surface area contributed by atoms with Gasteiger partial charge in [-0.2, -0.15) is 17.5 Å². The number of hydrogen-bond donors (Lipinski definition) is 1. The molecule has 0 bridgehead atoms. The molecule has 0 atom stereocenters. The second-order valence-electron chi connectivity index (χ2n) is 6.16. The lowest BCUT2D eigenvalue weighted by Gasteiger charge is -2.18. The number of nitrogens with one attached hydrogen (secondary N) is 1. The number of carbonyl (C=O) groups is 1. The summed E-state index contributed by atoms with van der Waals surface area (Å²) in [6.45, 7) is 0.514. The monoisotopic (exact) mass is 465 g/mol. The van der Waals surface area contributed by atoms with E-state index in [0.29, 0.717) is 10.4 Å². The summed E-state index contributed by atoms with van der Waals surface area (Å²) in [6, 6.07) is 6.19. The number of nitro benzene ring substituents is 1. The highest BCUT2D eigenvalue weighted by Gasteiger charge is 2.33. The summed E-state index contributed by atoms with van der Waals surface area (Å²) in [7, 11) is -3.22. The van der Waals surface area contributed by atoms with Gasteiger partial charge in [-0.1, -0.05) is 17.7 Å². The molecule has 0 aliphatic carbocycles. The molecule has 0 saturated heterocycles. The van der Waals surface area contributed by atoms with Crippen LogP contribution in [0.5, 0.6) is 0 Å². The molecule has 0 unspecified atom stereocenters. The summed E-state index contributed by atoms with van der Waals surface area (Å²) in [5, 5.41) is 12.6. The summed E-state index contributed by atoms with van der Waals surface area (Å²) in [5.41, 5.74) is -1.90. The lowest BCUT2D eigenvalue weighted by molar-refractivity contribution is -0.385. The molecule has 2 aromatic carbocycles. The molecule has 0 spiro atoms. The first-order valence-electron chi connectivity index (χ1n) is 8.12. The Morgan fingerprint density at radius 2 is 1.90 bits per heavy atom. The van der Waals surface area contributed by atoms with Gasteiger partial charge in [-0.05, 0) is 31.2 Å². The van der Waals surface area contributed by atoms with Crippen molar-refractivity contribution in [3.8, 4) is 0 Å². The summed E-state index contributed by atoms with van der Waals surface area (Å²) in [4.78, 5) is 22.1. The quantitative estimate of drug-likeness (QED) is 0.515. The SMILES string of the molecule is Cc1c([N+](=O)[O-])cccc1S(=O)(=O)N(C)CC(=O)Nc1ccc(Cl)c(C(F)(F)F)c1. The van der Waals surface area contributed by atoms with Crippen molar-refractivity contribution in [1.82, 2.24) is 4.31 Å². The maximum Gasteiger partial charge on any atom is 0.417 e. The van der Waals surface area contributed by atoms with Crippen molar-refractivity contribution in [3.63, 3.8) is 0 Å². The number of alkyl halides is 3. The fourth-order valence-corrected chi connectivity index (χ4v) is 4.15. The molecule has 2 aromatic rings. The number of nitro groups is 1. The van der Waals surface area contributed by atoms with Gasteiger partial charge in [-0.15, -0.1) is 0 Å². The fourth-order valence-electron chi connectivity index (χ4n) is 2.56. The second kappa shape index (κ2) is 8.58. The largest absolute Gasteiger partial charge is 0.417 e. The molecule has 0 aliphatic rings. The number of benzene rings is 2. The first kappa shape index (κ1) is 23.6. The van der Waals surface area contributed by atoms with Crippen molar-refractivity contribution < 1.29 is 31.3 Å². The van der Waals surface area contributed by atoms with E-state index in [1.165, 1.54) is 13.0 Å². The van der Waals surface area contributed by atoms with Gasteiger partial charge in [-0.25, -0.2) is 8.42 Å². The molecular weight excluding hydrogens is 451 g/mol. The highest BCUT2D eigenvalue weighted by atomic mass is 35.5. The zero-order valence-corrected chi connectivity index (χ0v) is 17.1. The molecule has 8 nitrogen and oxygen atoms in total. The highest BCUT2D eigenvalue weighted by Crippen LogP contribution is 2.36. The van der Waals surface area contributed by atoms with Crippen molar-refractivity contribution in [1.29, 1.82) is 0 Å². The Bertz CT molecular complexity index is 1110. The van der Waals surface area contributed by atoms with Gasteiger partial charge in [0.25, 0.3) is 5.69 Å². The van der Waals surface area contributed by atoms with Crippen LogP contribution in [0.25, 0.3) is 0 Å². The van der Waals surface area contributed by atoms with E-state index in [2.05, 4.69) is 5.32 Å². The molecule has 13 heteroatoms. The van der Waals surface area contributed by atoms with Crippen LogP contribution in [0.3, 0.4) is 0 Å². The zero-order valence-electron chi connectivity index (χ0n) is 15.5. The number of likely N-dealkylation sites (N-methyl/N-ethyl adjacent to an activating group) is 1. The molecule has 30 heavy (non-hydrogen) atoms. The van der Waals surface area contributed by atoms with E-state index in [9.17, 15) is 36.5 Å². The molecule has 0 fully saturated rings. The van der Waals surface area contributed by atoms with Crippen molar-refractivity contribution in [3.05, 3.63) is 62.7 Å². The van der Waals surface area contributed by atoms with Crippen LogP contribution in [0.15, 0.2) is 41.3 Å². The van der Waals surface area contributed by atoms with Crippen LogP contribution < -0.4 is 5.32 Å². The zero-order chi connectivity index (χ0) is 22.9. The fraction of sp³-hybridized carbons (Fsp3) is 0.235. The standard InChI is InChI=1S/C17H15ClF3N3O5S/c1-10-14(24(26)27)4-3-5-15(10)30(28,29)23(2)9-16(25)22-11-6-7-13(18)12(8-11)17(19,20)21/h3-8H,9H2,1-2H3,(H,22,25). The third-order valence-corrected chi connectivity index (χ3v) is 6.34. The number of halogens is 4. The molecule has 0 aliphatic heterocycles. The van der Waals surface area contributed by atoms with Crippen molar-refractivity contribution in [2.24, 2.45) is 0 Å². The van der Waals surface area contributed by atoms with Gasteiger partial charge >= 0.3 is 6.18 Å². The molecule has 162 valence electrons. The molecule has 0 radical (unpaired) electrons. The van der Waals surface area contributed by atoms with E-state index in [1.54, 1.807) is 0 Å². The number of amides is 1. The molecular formula is C17H15ClF3N3O5S. The minimum atomic E-state index is -4.74. The van der Waals surface area contributed by atoms with Crippen molar-refractivity contribution in [2.75, 3.05) is 18.9 Å². The normalized spacial score (nSPS) is 12.1. The van der Waals surface area contributed by atoms with Crippen LogP contribution in [-0.4, -0.2) is 37.1 Å². The average Bonchev–Trinajstić information content (AvgIpc) is 2.62. The number of hydrogen-bond acceptors (Lipinski definition) is 5. The van der Waals surface area contributed by atoms with Crippen LogP contribution in [0.4, 0.5) is 24.5 Å². The van der Waals surface area contributed by atoms with Crippen LogP contribution in [-0.2, 0) is 21.0 Å². The van der Waals surface area contributed by atoms with Crippen LogP contribution in [0.1, 0.15) is 11.1 Å². The predicted octanol–water partition coefficient (Wildman–Crippen LogP) is 3.83. The third-order valence-electron chi connectivity index (χ3n) is 4.06. The molecule has 1 N–H and O–H groups in total. The topological polar surface area (TPSA) is 110 Å². The summed E-state index contributed by atoms with van der Waals surface area (Å²) in [6.07, 6.45) is -4.74. The van der Waals surface area contributed by atoms with Gasteiger partial charge in [0.15, 0.2) is 0 Å². The minimum absolute atomic E-state index is 0.109. The van der Waals surface area contributed by atoms with E-state index in [1.807, 2.05) is 0 Å². The molecule has 1 amide bonds. The molecule has 0 aromatic heterocycles. The Morgan fingerprint density at radius 3 is 2.47 bits per heavy atom. The Balaban J connectivity index is 2.22. The Hall–Kier alpha value is -2.70. The van der Waals surface area contributed by atoms with E-state index in [0.717, 1.165) is 31.3 Å². The summed E-state index contributed by atoms with van der Waals surface area (Å²) < 4.78 is 64.8. The van der Waals surface area contributed by atoms with E-state index in [-0.39, 0.29) is 16.1 Å². The lowest BCUT2D eigenvalue weighted by Crippen LogP contribution is -2.35. The van der Waals surface area contributed by atoms with E-state index < -0.39 is 49.8 Å². The van der Waals surface area contributed by atoms with Crippen LogP contribution >= 0.6 is 11.6 Å². The summed E-state index contributed by atoms with van der Waals surface area (Å²) in [5.74, 6) is -0.917. The molecule has 2 rings (SSSR count). The average molecular weight is 466 g/mol. The van der Waals surface area contributed by atoms with Gasteiger partial charge in [0.05, 0.1) is 26.9 Å². The van der Waals surface area contributed by atoms with Gasteiger partial charge in [0, 0.05) is 24.4 Å². The van der Waals surface area contributed by atoms with Crippen LogP contribution in [0.2, 0.25) is 5.02 Å². The van der Waals surface area contributed by atoms with E-state index in [4.69, 9.17) is 11.6 Å². The third kappa shape index (κ3) is 5.07. The van der Waals surface area contributed by atoms with Gasteiger partial charge in [0.1, 0.15) is 0 Å². The van der Waals surface area contributed by atoms with Crippen LogP contribution in [0, 0.1) is 17.0 Å². The number of sulfonamides is 1.